The number of carbonyl (C=O) groups is 1. The first-order valence-corrected chi connectivity index (χ1v) is 7.94. The number of hydrogen-bond donors (Lipinski definition) is 0. The lowest BCUT2D eigenvalue weighted by molar-refractivity contribution is 0.0289. The quantitative estimate of drug-likeness (QED) is 0.801. The van der Waals surface area contributed by atoms with Crippen molar-refractivity contribution in [1.82, 2.24) is 9.88 Å². The van der Waals surface area contributed by atoms with E-state index in [0.29, 0.717) is 5.92 Å². The van der Waals surface area contributed by atoms with E-state index in [1.807, 2.05) is 50.1 Å². The second-order valence-corrected chi connectivity index (χ2v) is 7.10. The summed E-state index contributed by atoms with van der Waals surface area (Å²) in [7, 11) is 0. The highest BCUT2D eigenvalue weighted by atomic mass is 32.2. The molecule has 0 bridgehead atoms. The molecule has 20 heavy (non-hydrogen) atoms. The summed E-state index contributed by atoms with van der Waals surface area (Å²) in [6.45, 7) is 7.28. The van der Waals surface area contributed by atoms with E-state index in [0.717, 1.165) is 30.3 Å². The Kier molecular flexibility index (Phi) is 4.91. The van der Waals surface area contributed by atoms with Crippen molar-refractivity contribution in [2.75, 3.05) is 18.8 Å². The normalized spacial score (nSPS) is 19.1. The molecular formula is C15H22N2O2S. The maximum atomic E-state index is 12.0. The van der Waals surface area contributed by atoms with Gasteiger partial charge in [0.25, 0.3) is 0 Å². The Morgan fingerprint density at radius 2 is 2.30 bits per heavy atom. The average Bonchev–Trinajstić information content (AvgIpc) is 2.84. The number of ether oxygens (including phenoxy) is 1. The van der Waals surface area contributed by atoms with E-state index in [2.05, 4.69) is 4.98 Å². The van der Waals surface area contributed by atoms with Gasteiger partial charge in [-0.25, -0.2) is 9.78 Å². The van der Waals surface area contributed by atoms with E-state index >= 15 is 0 Å². The Morgan fingerprint density at radius 1 is 1.50 bits per heavy atom. The van der Waals surface area contributed by atoms with Crippen LogP contribution in [0.25, 0.3) is 0 Å². The van der Waals surface area contributed by atoms with Crippen LogP contribution in [-0.4, -0.2) is 40.4 Å². The van der Waals surface area contributed by atoms with E-state index in [9.17, 15) is 4.79 Å². The van der Waals surface area contributed by atoms with Gasteiger partial charge in [-0.1, -0.05) is 6.07 Å². The van der Waals surface area contributed by atoms with E-state index in [1.165, 1.54) is 0 Å². The van der Waals surface area contributed by atoms with Gasteiger partial charge >= 0.3 is 6.09 Å². The molecule has 1 aromatic rings. The minimum Gasteiger partial charge on any atom is -0.444 e. The van der Waals surface area contributed by atoms with Crippen molar-refractivity contribution < 1.29 is 9.53 Å². The third kappa shape index (κ3) is 4.71. The van der Waals surface area contributed by atoms with Crippen molar-refractivity contribution in [3.8, 4) is 0 Å². The van der Waals surface area contributed by atoms with Crippen molar-refractivity contribution in [2.24, 2.45) is 5.92 Å². The third-order valence-electron chi connectivity index (χ3n) is 3.04. The summed E-state index contributed by atoms with van der Waals surface area (Å²) in [5.41, 5.74) is -0.419. The van der Waals surface area contributed by atoms with E-state index in [1.54, 1.807) is 11.8 Å². The monoisotopic (exact) mass is 294 g/mol. The second-order valence-electron chi connectivity index (χ2n) is 6.06. The zero-order chi connectivity index (χ0) is 14.6. The molecular weight excluding hydrogens is 272 g/mol. The van der Waals surface area contributed by atoms with Crippen LogP contribution in [0.1, 0.15) is 27.2 Å². The topological polar surface area (TPSA) is 42.4 Å². The largest absolute Gasteiger partial charge is 0.444 e. The number of pyridine rings is 1. The lowest BCUT2D eigenvalue weighted by Crippen LogP contribution is -2.35. The minimum atomic E-state index is -0.419. The number of thioether (sulfide) groups is 1. The molecule has 5 heteroatoms. The van der Waals surface area contributed by atoms with Gasteiger partial charge in [0.1, 0.15) is 5.60 Å². The number of nitrogens with zero attached hydrogens (tertiary/aromatic N) is 2. The molecule has 0 N–H and O–H groups in total. The number of aromatic nitrogens is 1. The summed E-state index contributed by atoms with van der Waals surface area (Å²) in [6.07, 6.45) is 2.66. The second kappa shape index (κ2) is 6.48. The van der Waals surface area contributed by atoms with Crippen LogP contribution >= 0.6 is 11.8 Å². The van der Waals surface area contributed by atoms with Gasteiger partial charge in [0.2, 0.25) is 0 Å². The van der Waals surface area contributed by atoms with Crippen LogP contribution in [0.4, 0.5) is 4.79 Å². The fourth-order valence-electron chi connectivity index (χ4n) is 2.10. The first kappa shape index (κ1) is 15.2. The molecule has 1 aromatic heterocycles. The summed E-state index contributed by atoms with van der Waals surface area (Å²) < 4.78 is 5.40. The Bertz CT molecular complexity index is 445. The van der Waals surface area contributed by atoms with Crippen molar-refractivity contribution in [1.29, 1.82) is 0 Å². The van der Waals surface area contributed by atoms with Gasteiger partial charge in [0.15, 0.2) is 0 Å². The van der Waals surface area contributed by atoms with Crippen LogP contribution in [-0.2, 0) is 4.74 Å². The highest BCUT2D eigenvalue weighted by molar-refractivity contribution is 7.99. The van der Waals surface area contributed by atoms with Gasteiger partial charge in [0.05, 0.1) is 5.03 Å². The Balaban J connectivity index is 1.76. The average molecular weight is 294 g/mol. The minimum absolute atomic E-state index is 0.192. The van der Waals surface area contributed by atoms with Crippen molar-refractivity contribution in [2.45, 2.75) is 37.8 Å². The summed E-state index contributed by atoms with van der Waals surface area (Å²) in [6, 6.07) is 5.94. The molecule has 0 spiro atoms. The van der Waals surface area contributed by atoms with E-state index in [4.69, 9.17) is 4.74 Å². The molecule has 0 aromatic carbocycles. The predicted molar refractivity (Wildman–Crippen MR) is 80.9 cm³/mol. The molecule has 0 radical (unpaired) electrons. The van der Waals surface area contributed by atoms with Crippen LogP contribution in [0.5, 0.6) is 0 Å². The standard InChI is InChI=1S/C15H22N2O2S/c1-15(2,3)19-14(18)17-9-7-12(10-17)11-20-13-6-4-5-8-16-13/h4-6,8,12H,7,9-11H2,1-3H3. The molecule has 1 fully saturated rings. The maximum Gasteiger partial charge on any atom is 0.410 e. The molecule has 1 saturated heterocycles. The van der Waals surface area contributed by atoms with Crippen molar-refractivity contribution in [3.63, 3.8) is 0 Å². The number of carbonyl (C=O) groups excluding carboxylic acids is 1. The zero-order valence-electron chi connectivity index (χ0n) is 12.3. The molecule has 0 aliphatic carbocycles. The summed E-state index contributed by atoms with van der Waals surface area (Å²) in [5.74, 6) is 1.52. The van der Waals surface area contributed by atoms with E-state index < -0.39 is 5.60 Å². The van der Waals surface area contributed by atoms with Gasteiger partial charge in [-0.3, -0.25) is 0 Å². The molecule has 4 nitrogen and oxygen atoms in total. The van der Waals surface area contributed by atoms with Crippen LogP contribution in [0.15, 0.2) is 29.4 Å². The molecule has 1 unspecified atom stereocenters. The van der Waals surface area contributed by atoms with Gasteiger partial charge in [-0.15, -0.1) is 11.8 Å². The Labute approximate surface area is 124 Å². The summed E-state index contributed by atoms with van der Waals surface area (Å²) >= 11 is 1.75. The predicted octanol–water partition coefficient (Wildman–Crippen LogP) is 3.43. The molecule has 1 aliphatic heterocycles. The summed E-state index contributed by atoms with van der Waals surface area (Å²) in [5, 5.41) is 1.04. The summed E-state index contributed by atoms with van der Waals surface area (Å²) in [4.78, 5) is 18.1. The molecule has 1 atom stereocenters. The fourth-order valence-corrected chi connectivity index (χ4v) is 3.09. The van der Waals surface area contributed by atoms with Gasteiger partial charge in [-0.2, -0.15) is 0 Å². The SMILES string of the molecule is CC(C)(C)OC(=O)N1CCC(CSc2ccccn2)C1. The number of hydrogen-bond acceptors (Lipinski definition) is 4. The number of amides is 1. The van der Waals surface area contributed by atoms with Crippen molar-refractivity contribution >= 4 is 17.9 Å². The number of likely N-dealkylation sites (tertiary alicyclic amines) is 1. The van der Waals surface area contributed by atoms with Gasteiger partial charge in [0, 0.05) is 25.0 Å². The first-order valence-electron chi connectivity index (χ1n) is 6.96. The highest BCUT2D eigenvalue weighted by Gasteiger charge is 2.29. The maximum absolute atomic E-state index is 12.0. The smallest absolute Gasteiger partial charge is 0.410 e. The molecule has 0 saturated carbocycles. The molecule has 2 rings (SSSR count). The van der Waals surface area contributed by atoms with Crippen LogP contribution in [0, 0.1) is 5.92 Å². The zero-order valence-corrected chi connectivity index (χ0v) is 13.2. The molecule has 1 aliphatic rings. The first-order chi connectivity index (χ1) is 9.44. The van der Waals surface area contributed by atoms with Gasteiger partial charge in [-0.05, 0) is 45.2 Å². The lowest BCUT2D eigenvalue weighted by Gasteiger charge is -2.24. The molecule has 2 heterocycles. The van der Waals surface area contributed by atoms with Gasteiger partial charge < -0.3 is 9.64 Å². The Hall–Kier alpha value is -1.23. The molecule has 1 amide bonds. The highest BCUT2D eigenvalue weighted by Crippen LogP contribution is 2.25. The number of rotatable bonds is 3. The van der Waals surface area contributed by atoms with Crippen LogP contribution in [0.2, 0.25) is 0 Å². The third-order valence-corrected chi connectivity index (χ3v) is 4.22. The van der Waals surface area contributed by atoms with E-state index in [-0.39, 0.29) is 6.09 Å². The lowest BCUT2D eigenvalue weighted by atomic mass is 10.2. The fraction of sp³-hybridized carbons (Fsp3) is 0.600. The van der Waals surface area contributed by atoms with Crippen LogP contribution in [0.3, 0.4) is 0 Å². The van der Waals surface area contributed by atoms with Crippen LogP contribution < -0.4 is 0 Å². The molecule has 110 valence electrons. The Morgan fingerprint density at radius 3 is 2.95 bits per heavy atom. The van der Waals surface area contributed by atoms with Crippen molar-refractivity contribution in [3.05, 3.63) is 24.4 Å².